The van der Waals surface area contributed by atoms with Crippen molar-refractivity contribution < 1.29 is 9.59 Å². The molecule has 23 heavy (non-hydrogen) atoms. The van der Waals surface area contributed by atoms with Gasteiger partial charge in [-0.15, -0.1) is 0 Å². The van der Waals surface area contributed by atoms with E-state index in [1.54, 1.807) is 12.1 Å². The molecule has 0 unspecified atom stereocenters. The Labute approximate surface area is 136 Å². The molecule has 1 aliphatic rings. The molecule has 0 aliphatic heterocycles. The highest BCUT2D eigenvalue weighted by Gasteiger charge is 2.27. The van der Waals surface area contributed by atoms with Crippen LogP contribution in [-0.4, -0.2) is 24.7 Å². The van der Waals surface area contributed by atoms with Gasteiger partial charge in [-0.05, 0) is 43.2 Å². The zero-order valence-electron chi connectivity index (χ0n) is 13.4. The summed E-state index contributed by atoms with van der Waals surface area (Å²) in [5.41, 5.74) is 3.67. The fourth-order valence-electron chi connectivity index (χ4n) is 2.95. The van der Waals surface area contributed by atoms with Crippen LogP contribution in [0, 0.1) is 0 Å². The lowest BCUT2D eigenvalue weighted by molar-refractivity contribution is -0.110. The van der Waals surface area contributed by atoms with Crippen molar-refractivity contribution in [3.8, 4) is 0 Å². The fraction of sp³-hybridized carbons (Fsp3) is 0.200. The maximum absolute atomic E-state index is 12.4. The van der Waals surface area contributed by atoms with Gasteiger partial charge in [-0.2, -0.15) is 0 Å². The van der Waals surface area contributed by atoms with E-state index >= 15 is 0 Å². The predicted molar refractivity (Wildman–Crippen MR) is 93.7 cm³/mol. The van der Waals surface area contributed by atoms with Crippen molar-refractivity contribution in [2.45, 2.75) is 13.8 Å². The van der Waals surface area contributed by atoms with Crippen molar-refractivity contribution in [3.63, 3.8) is 0 Å². The van der Waals surface area contributed by atoms with Crippen LogP contribution in [0.2, 0.25) is 0 Å². The quantitative estimate of drug-likeness (QED) is 0.805. The average Bonchev–Trinajstić information content (AvgIpc) is 2.60. The van der Waals surface area contributed by atoms with Gasteiger partial charge in [-0.25, -0.2) is 0 Å². The summed E-state index contributed by atoms with van der Waals surface area (Å²) in [6, 6.07) is 15.1. The van der Waals surface area contributed by atoms with E-state index in [0.29, 0.717) is 11.1 Å². The van der Waals surface area contributed by atoms with Gasteiger partial charge in [0.25, 0.3) is 0 Å². The molecule has 3 heteroatoms. The van der Waals surface area contributed by atoms with Crippen molar-refractivity contribution in [3.05, 3.63) is 65.2 Å². The van der Waals surface area contributed by atoms with Crippen molar-refractivity contribution in [1.29, 1.82) is 0 Å². The minimum absolute atomic E-state index is 0.425. The zero-order chi connectivity index (χ0) is 16.4. The summed E-state index contributed by atoms with van der Waals surface area (Å²) in [6.45, 7) is 6.09. The van der Waals surface area contributed by atoms with E-state index in [-0.39, 0.29) is 0 Å². The summed E-state index contributed by atoms with van der Waals surface area (Å²) in [4.78, 5) is 26.9. The number of hydrogen-bond donors (Lipinski definition) is 0. The number of rotatable bonds is 4. The molecule has 0 saturated carbocycles. The Morgan fingerprint density at radius 1 is 0.826 bits per heavy atom. The molecule has 0 bridgehead atoms. The molecular weight excluding hydrogens is 286 g/mol. The van der Waals surface area contributed by atoms with Gasteiger partial charge in [-0.1, -0.05) is 36.4 Å². The molecule has 116 valence electrons. The predicted octanol–water partition coefficient (Wildman–Crippen LogP) is 3.84. The van der Waals surface area contributed by atoms with Gasteiger partial charge in [0.05, 0.1) is 0 Å². The van der Waals surface area contributed by atoms with Gasteiger partial charge >= 0.3 is 0 Å². The summed E-state index contributed by atoms with van der Waals surface area (Å²) in [7, 11) is 0. The Morgan fingerprint density at radius 2 is 1.48 bits per heavy atom. The SMILES string of the molecule is CCN(CC)c1ccc(C2=Cc3ccccc3C(=O)C2=O)cc1. The summed E-state index contributed by atoms with van der Waals surface area (Å²) >= 11 is 0. The van der Waals surface area contributed by atoms with Gasteiger partial charge < -0.3 is 4.90 Å². The second kappa shape index (κ2) is 6.21. The Bertz CT molecular complexity index is 784. The first-order chi connectivity index (χ1) is 11.2. The number of Topliss-reactive ketones (excluding diaryl/α,β-unsaturated/α-hetero) is 2. The van der Waals surface area contributed by atoms with Crippen LogP contribution in [0.4, 0.5) is 5.69 Å². The third-order valence-corrected chi connectivity index (χ3v) is 4.26. The fourth-order valence-corrected chi connectivity index (χ4v) is 2.95. The third-order valence-electron chi connectivity index (χ3n) is 4.26. The number of carbonyl (C=O) groups is 2. The van der Waals surface area contributed by atoms with E-state index in [1.807, 2.05) is 42.5 Å². The summed E-state index contributed by atoms with van der Waals surface area (Å²) < 4.78 is 0. The highest BCUT2D eigenvalue weighted by atomic mass is 16.2. The molecule has 0 N–H and O–H groups in total. The number of carbonyl (C=O) groups excluding carboxylic acids is 2. The molecule has 0 spiro atoms. The molecule has 0 aromatic heterocycles. The molecule has 0 radical (unpaired) electrons. The van der Waals surface area contributed by atoms with Crippen LogP contribution in [0.1, 0.15) is 35.3 Å². The minimum atomic E-state index is -0.431. The number of fused-ring (bicyclic) bond motifs is 1. The van der Waals surface area contributed by atoms with Crippen molar-refractivity contribution in [2.24, 2.45) is 0 Å². The molecular formula is C20H19NO2. The number of nitrogens with zero attached hydrogens (tertiary/aromatic N) is 1. The van der Waals surface area contributed by atoms with E-state index in [1.165, 1.54) is 0 Å². The van der Waals surface area contributed by atoms with Crippen molar-refractivity contribution in [2.75, 3.05) is 18.0 Å². The average molecular weight is 305 g/mol. The number of benzene rings is 2. The molecule has 0 amide bonds. The normalized spacial score (nSPS) is 13.6. The third kappa shape index (κ3) is 2.70. The maximum atomic E-state index is 12.4. The van der Waals surface area contributed by atoms with Gasteiger partial charge in [0.1, 0.15) is 0 Å². The highest BCUT2D eigenvalue weighted by molar-refractivity contribution is 6.61. The second-order valence-corrected chi connectivity index (χ2v) is 5.52. The molecule has 3 rings (SSSR count). The molecule has 2 aromatic rings. The standard InChI is InChI=1S/C20H19NO2/c1-3-21(4-2)16-11-9-14(10-12-16)18-13-15-7-5-6-8-17(15)19(22)20(18)23/h5-13H,3-4H2,1-2H3. The Kier molecular flexibility index (Phi) is 4.11. The molecule has 3 nitrogen and oxygen atoms in total. The summed E-state index contributed by atoms with van der Waals surface area (Å²) in [5, 5.41) is 0. The summed E-state index contributed by atoms with van der Waals surface area (Å²) in [6.07, 6.45) is 1.81. The molecule has 1 aliphatic carbocycles. The van der Waals surface area contributed by atoms with Gasteiger partial charge in [-0.3, -0.25) is 9.59 Å². The smallest absolute Gasteiger partial charge is 0.234 e. The van der Waals surface area contributed by atoms with Gasteiger partial charge in [0.2, 0.25) is 11.6 Å². The van der Waals surface area contributed by atoms with Crippen molar-refractivity contribution in [1.82, 2.24) is 0 Å². The van der Waals surface area contributed by atoms with Gasteiger partial charge in [0, 0.05) is 29.9 Å². The van der Waals surface area contributed by atoms with Gasteiger partial charge in [0.15, 0.2) is 0 Å². The molecule has 0 saturated heterocycles. The second-order valence-electron chi connectivity index (χ2n) is 5.52. The first-order valence-electron chi connectivity index (χ1n) is 7.90. The minimum Gasteiger partial charge on any atom is -0.372 e. The van der Waals surface area contributed by atoms with Crippen LogP contribution in [-0.2, 0) is 4.79 Å². The van der Waals surface area contributed by atoms with Crippen LogP contribution in [0.5, 0.6) is 0 Å². The zero-order valence-corrected chi connectivity index (χ0v) is 13.4. The lowest BCUT2D eigenvalue weighted by atomic mass is 9.87. The maximum Gasteiger partial charge on any atom is 0.234 e. The summed E-state index contributed by atoms with van der Waals surface area (Å²) in [5.74, 6) is -0.856. The number of ketones is 2. The van der Waals surface area contributed by atoms with E-state index in [0.717, 1.165) is 29.9 Å². The first kappa shape index (κ1) is 15.2. The van der Waals surface area contributed by atoms with Crippen LogP contribution in [0.25, 0.3) is 11.6 Å². The molecule has 2 aromatic carbocycles. The van der Waals surface area contributed by atoms with E-state index in [4.69, 9.17) is 0 Å². The number of allylic oxidation sites excluding steroid dienone is 1. The monoisotopic (exact) mass is 305 g/mol. The Morgan fingerprint density at radius 3 is 2.13 bits per heavy atom. The number of hydrogen-bond acceptors (Lipinski definition) is 3. The number of anilines is 1. The first-order valence-corrected chi connectivity index (χ1v) is 7.90. The lowest BCUT2D eigenvalue weighted by Crippen LogP contribution is -2.22. The molecule has 0 fully saturated rings. The van der Waals surface area contributed by atoms with E-state index in [9.17, 15) is 9.59 Å². The van der Waals surface area contributed by atoms with Crippen LogP contribution in [0.15, 0.2) is 48.5 Å². The van der Waals surface area contributed by atoms with Crippen molar-refractivity contribution >= 4 is 28.9 Å². The van der Waals surface area contributed by atoms with E-state index in [2.05, 4.69) is 18.7 Å². The van der Waals surface area contributed by atoms with E-state index < -0.39 is 11.6 Å². The molecule has 0 atom stereocenters. The molecule has 0 heterocycles. The van der Waals surface area contributed by atoms with Crippen LogP contribution < -0.4 is 4.90 Å². The Hall–Kier alpha value is -2.68. The lowest BCUT2D eigenvalue weighted by Gasteiger charge is -2.21. The highest BCUT2D eigenvalue weighted by Crippen LogP contribution is 2.29. The largest absolute Gasteiger partial charge is 0.372 e. The van der Waals surface area contributed by atoms with Crippen LogP contribution in [0.3, 0.4) is 0 Å². The van der Waals surface area contributed by atoms with Crippen LogP contribution >= 0.6 is 0 Å². The topological polar surface area (TPSA) is 37.4 Å². The Balaban J connectivity index is 2.00.